The summed E-state index contributed by atoms with van der Waals surface area (Å²) in [5.41, 5.74) is 14.3. The number of rotatable bonds is 4. The molecule has 0 radical (unpaired) electrons. The summed E-state index contributed by atoms with van der Waals surface area (Å²) in [5.74, 6) is 0. The smallest absolute Gasteiger partial charge is 0.000705 e. The monoisotopic (exact) mass is 420 g/mol. The minimum Gasteiger partial charge on any atom is -0.0984 e. The number of hydrogen-bond acceptors (Lipinski definition) is 0. The zero-order valence-corrected chi connectivity index (χ0v) is 18.5. The maximum absolute atomic E-state index is 4.13. The van der Waals surface area contributed by atoms with Gasteiger partial charge in [-0.25, -0.2) is 0 Å². The first-order valence-corrected chi connectivity index (χ1v) is 11.5. The molecule has 0 atom stereocenters. The lowest BCUT2D eigenvalue weighted by Crippen LogP contribution is -1.98. The molecule has 33 heavy (non-hydrogen) atoms. The van der Waals surface area contributed by atoms with E-state index in [0.717, 1.165) is 12.0 Å². The summed E-state index contributed by atoms with van der Waals surface area (Å²) in [4.78, 5) is 0. The molecule has 0 amide bonds. The first-order chi connectivity index (χ1) is 16.3. The highest BCUT2D eigenvalue weighted by Crippen LogP contribution is 2.50. The van der Waals surface area contributed by atoms with E-state index in [0.29, 0.717) is 0 Å². The third-order valence-corrected chi connectivity index (χ3v) is 6.71. The average Bonchev–Trinajstić information content (AvgIpc) is 3.27. The van der Waals surface area contributed by atoms with E-state index in [-0.39, 0.29) is 0 Å². The van der Waals surface area contributed by atoms with Crippen LogP contribution in [0.5, 0.6) is 0 Å². The van der Waals surface area contributed by atoms with Crippen LogP contribution in [-0.2, 0) is 6.42 Å². The summed E-state index contributed by atoms with van der Waals surface area (Å²) >= 11 is 0. The molecule has 0 saturated carbocycles. The van der Waals surface area contributed by atoms with Crippen molar-refractivity contribution in [3.8, 4) is 44.5 Å². The summed E-state index contributed by atoms with van der Waals surface area (Å²) in [7, 11) is 0. The van der Waals surface area contributed by atoms with E-state index >= 15 is 0 Å². The summed E-state index contributed by atoms with van der Waals surface area (Å²) in [5, 5.41) is 0. The summed E-state index contributed by atoms with van der Waals surface area (Å²) in [6.45, 7) is 4.13. The summed E-state index contributed by atoms with van der Waals surface area (Å²) in [6, 6.07) is 41.5. The molecule has 1 aliphatic rings. The zero-order valence-electron chi connectivity index (χ0n) is 18.5. The molecule has 0 N–H and O–H groups in total. The van der Waals surface area contributed by atoms with E-state index in [9.17, 15) is 0 Å². The van der Waals surface area contributed by atoms with Gasteiger partial charge in [0.15, 0.2) is 0 Å². The predicted molar refractivity (Wildman–Crippen MR) is 141 cm³/mol. The fourth-order valence-electron chi connectivity index (χ4n) is 5.23. The second-order valence-corrected chi connectivity index (χ2v) is 8.56. The Morgan fingerprint density at radius 2 is 1.12 bits per heavy atom. The SMILES string of the molecule is C=Cc1ccccc1-c1c2c(cc(-c3ccccc3)c1-c1ccccc1)-c1ccccc1C2. The van der Waals surface area contributed by atoms with Crippen LogP contribution >= 0.6 is 0 Å². The standard InChI is InChI=1S/C33H24/c1-2-23-13-9-12-20-28(23)33-31-21-26-18-10-11-19-27(26)30(31)22-29(24-14-5-3-6-15-24)32(33)25-16-7-4-8-17-25/h2-20,22H,1,21H2. The van der Waals surface area contributed by atoms with Crippen LogP contribution in [0.3, 0.4) is 0 Å². The molecule has 5 aromatic rings. The van der Waals surface area contributed by atoms with Crippen molar-refractivity contribution in [2.75, 3.05) is 0 Å². The van der Waals surface area contributed by atoms with Gasteiger partial charge in [0, 0.05) is 0 Å². The Morgan fingerprint density at radius 1 is 0.515 bits per heavy atom. The van der Waals surface area contributed by atoms with Crippen LogP contribution in [0.2, 0.25) is 0 Å². The van der Waals surface area contributed by atoms with Crippen LogP contribution in [0.15, 0.2) is 122 Å². The third kappa shape index (κ3) is 3.23. The van der Waals surface area contributed by atoms with Gasteiger partial charge in [-0.05, 0) is 73.7 Å². The highest BCUT2D eigenvalue weighted by atomic mass is 14.3. The number of hydrogen-bond donors (Lipinski definition) is 0. The van der Waals surface area contributed by atoms with Gasteiger partial charge in [-0.1, -0.05) is 122 Å². The van der Waals surface area contributed by atoms with E-state index < -0.39 is 0 Å². The topological polar surface area (TPSA) is 0 Å². The highest BCUT2D eigenvalue weighted by Gasteiger charge is 2.27. The minimum atomic E-state index is 0.946. The van der Waals surface area contributed by atoms with Gasteiger partial charge in [0.05, 0.1) is 0 Å². The molecule has 0 heterocycles. The van der Waals surface area contributed by atoms with Crippen LogP contribution in [0.25, 0.3) is 50.6 Å². The number of fused-ring (bicyclic) bond motifs is 3. The van der Waals surface area contributed by atoms with Gasteiger partial charge in [-0.15, -0.1) is 0 Å². The lowest BCUT2D eigenvalue weighted by atomic mass is 9.81. The van der Waals surface area contributed by atoms with Gasteiger partial charge in [0.25, 0.3) is 0 Å². The second kappa shape index (κ2) is 8.07. The van der Waals surface area contributed by atoms with Crippen molar-refractivity contribution in [2.24, 2.45) is 0 Å². The van der Waals surface area contributed by atoms with Gasteiger partial charge >= 0.3 is 0 Å². The highest BCUT2D eigenvalue weighted by molar-refractivity contribution is 6.02. The lowest BCUT2D eigenvalue weighted by Gasteiger charge is -2.22. The molecular formula is C33H24. The molecule has 0 unspecified atom stereocenters. The fraction of sp³-hybridized carbons (Fsp3) is 0.0303. The first kappa shape index (κ1) is 19.5. The Hall–Kier alpha value is -4.16. The largest absolute Gasteiger partial charge is 0.0984 e. The molecule has 6 rings (SSSR count). The fourth-order valence-corrected chi connectivity index (χ4v) is 5.23. The van der Waals surface area contributed by atoms with E-state index in [2.05, 4.69) is 122 Å². The molecule has 1 aliphatic carbocycles. The molecule has 5 aromatic carbocycles. The Kier molecular flexibility index (Phi) is 4.78. The Morgan fingerprint density at radius 3 is 1.85 bits per heavy atom. The quantitative estimate of drug-likeness (QED) is 0.267. The molecule has 0 fully saturated rings. The predicted octanol–water partition coefficient (Wildman–Crippen LogP) is 8.90. The molecular weight excluding hydrogens is 396 g/mol. The van der Waals surface area contributed by atoms with E-state index in [4.69, 9.17) is 0 Å². The Labute approximate surface area is 195 Å². The van der Waals surface area contributed by atoms with Gasteiger partial charge in [-0.2, -0.15) is 0 Å². The molecule has 156 valence electrons. The van der Waals surface area contributed by atoms with Gasteiger partial charge in [0.2, 0.25) is 0 Å². The molecule has 0 aliphatic heterocycles. The van der Waals surface area contributed by atoms with Gasteiger partial charge in [-0.3, -0.25) is 0 Å². The molecule has 0 spiro atoms. The first-order valence-electron chi connectivity index (χ1n) is 11.5. The zero-order chi connectivity index (χ0) is 22.2. The van der Waals surface area contributed by atoms with Crippen LogP contribution in [0.4, 0.5) is 0 Å². The molecule has 0 bridgehead atoms. The van der Waals surface area contributed by atoms with Crippen molar-refractivity contribution in [1.82, 2.24) is 0 Å². The van der Waals surface area contributed by atoms with E-state index in [1.807, 2.05) is 6.08 Å². The number of benzene rings is 5. The van der Waals surface area contributed by atoms with Crippen molar-refractivity contribution in [3.05, 3.63) is 139 Å². The van der Waals surface area contributed by atoms with Crippen LogP contribution < -0.4 is 0 Å². The maximum Gasteiger partial charge on any atom is -0.000705 e. The average molecular weight is 421 g/mol. The van der Waals surface area contributed by atoms with E-state index in [1.165, 1.54) is 55.6 Å². The Balaban J connectivity index is 1.80. The molecule has 0 aromatic heterocycles. The van der Waals surface area contributed by atoms with Gasteiger partial charge < -0.3 is 0 Å². The van der Waals surface area contributed by atoms with Crippen molar-refractivity contribution in [3.63, 3.8) is 0 Å². The van der Waals surface area contributed by atoms with E-state index in [1.54, 1.807) is 0 Å². The normalized spacial score (nSPS) is 11.6. The summed E-state index contributed by atoms with van der Waals surface area (Å²) in [6.07, 6.45) is 2.93. The van der Waals surface area contributed by atoms with Gasteiger partial charge in [0.1, 0.15) is 0 Å². The van der Waals surface area contributed by atoms with Crippen molar-refractivity contribution < 1.29 is 0 Å². The second-order valence-electron chi connectivity index (χ2n) is 8.56. The summed E-state index contributed by atoms with van der Waals surface area (Å²) < 4.78 is 0. The minimum absolute atomic E-state index is 0.946. The van der Waals surface area contributed by atoms with Crippen LogP contribution in [-0.4, -0.2) is 0 Å². The lowest BCUT2D eigenvalue weighted by molar-refractivity contribution is 1.26. The maximum atomic E-state index is 4.13. The van der Waals surface area contributed by atoms with Crippen molar-refractivity contribution >= 4 is 6.08 Å². The molecule has 0 nitrogen and oxygen atoms in total. The third-order valence-electron chi connectivity index (χ3n) is 6.71. The molecule has 0 heteroatoms. The van der Waals surface area contributed by atoms with Crippen molar-refractivity contribution in [2.45, 2.75) is 6.42 Å². The van der Waals surface area contributed by atoms with Crippen LogP contribution in [0.1, 0.15) is 16.7 Å². The van der Waals surface area contributed by atoms with Crippen LogP contribution in [0, 0.1) is 0 Å². The molecule has 0 saturated heterocycles. The van der Waals surface area contributed by atoms with Crippen molar-refractivity contribution in [1.29, 1.82) is 0 Å². The Bertz CT molecular complexity index is 1470.